The number of carbonyl (C=O) groups is 2. The van der Waals surface area contributed by atoms with E-state index in [1.54, 1.807) is 41.5 Å². The lowest BCUT2D eigenvalue weighted by Crippen LogP contribution is -2.27. The molecule has 1 aromatic carbocycles. The number of nitrogens with zero attached hydrogens (tertiary/aromatic N) is 2. The van der Waals surface area contributed by atoms with Crippen LogP contribution in [-0.2, 0) is 20.6 Å². The molecule has 10 heteroatoms. The van der Waals surface area contributed by atoms with Gasteiger partial charge in [0.05, 0.1) is 5.39 Å². The highest BCUT2D eigenvalue weighted by molar-refractivity contribution is 5.92. The summed E-state index contributed by atoms with van der Waals surface area (Å²) < 4.78 is 35.6. The number of hydrogen-bond acceptors (Lipinski definition) is 8. The van der Waals surface area contributed by atoms with Crippen LogP contribution < -0.4 is 10.1 Å². The van der Waals surface area contributed by atoms with E-state index in [-0.39, 0.29) is 35.7 Å². The summed E-state index contributed by atoms with van der Waals surface area (Å²) in [4.78, 5) is 32.2. The molecule has 0 radical (unpaired) electrons. The fourth-order valence-corrected chi connectivity index (χ4v) is 2.51. The molecule has 9 nitrogen and oxygen atoms in total. The van der Waals surface area contributed by atoms with Gasteiger partial charge >= 0.3 is 12.2 Å². The molecule has 32 heavy (non-hydrogen) atoms. The molecule has 0 aliphatic carbocycles. The first-order valence-corrected chi connectivity index (χ1v) is 10.3. The first-order chi connectivity index (χ1) is 14.8. The van der Waals surface area contributed by atoms with Gasteiger partial charge in [-0.25, -0.2) is 19.0 Å². The van der Waals surface area contributed by atoms with Crippen molar-refractivity contribution in [1.29, 1.82) is 0 Å². The SMILES string of the molecule is CCc1nc(OCCOC(=O)OC(C)(C)C)c2cc(NC(=O)OC(C)(C)C)cc(F)c2n1. The zero-order valence-electron chi connectivity index (χ0n) is 19.5. The van der Waals surface area contributed by atoms with Crippen LogP contribution in [0.25, 0.3) is 10.9 Å². The van der Waals surface area contributed by atoms with Crippen molar-refractivity contribution >= 4 is 28.8 Å². The Morgan fingerprint density at radius 1 is 1.00 bits per heavy atom. The minimum atomic E-state index is -0.821. The molecule has 0 aliphatic rings. The average molecular weight is 451 g/mol. The third-order valence-corrected chi connectivity index (χ3v) is 3.66. The number of anilines is 1. The average Bonchev–Trinajstić information content (AvgIpc) is 2.62. The zero-order valence-corrected chi connectivity index (χ0v) is 19.5. The molecular formula is C22H30FN3O6. The molecule has 2 aromatic rings. The number of ether oxygens (including phenoxy) is 4. The summed E-state index contributed by atoms with van der Waals surface area (Å²) in [5, 5.41) is 2.75. The van der Waals surface area contributed by atoms with Gasteiger partial charge in [-0.3, -0.25) is 5.32 Å². The van der Waals surface area contributed by atoms with Crippen molar-refractivity contribution in [2.45, 2.75) is 66.1 Å². The Bertz CT molecular complexity index is 982. The van der Waals surface area contributed by atoms with Crippen molar-refractivity contribution in [3.05, 3.63) is 23.8 Å². The van der Waals surface area contributed by atoms with Gasteiger partial charge in [-0.05, 0) is 53.7 Å². The van der Waals surface area contributed by atoms with E-state index < -0.39 is 29.3 Å². The topological polar surface area (TPSA) is 109 Å². The number of fused-ring (bicyclic) bond motifs is 1. The minimum absolute atomic E-state index is 0.0418. The van der Waals surface area contributed by atoms with Gasteiger partial charge in [-0.1, -0.05) is 6.92 Å². The molecule has 0 aliphatic heterocycles. The number of aromatic nitrogens is 2. The summed E-state index contributed by atoms with van der Waals surface area (Å²) in [6.45, 7) is 12.0. The van der Waals surface area contributed by atoms with Crippen LogP contribution in [0.4, 0.5) is 19.7 Å². The van der Waals surface area contributed by atoms with Gasteiger partial charge in [-0.15, -0.1) is 0 Å². The van der Waals surface area contributed by atoms with E-state index in [1.165, 1.54) is 6.07 Å². The van der Waals surface area contributed by atoms with Crippen LogP contribution in [0.5, 0.6) is 5.88 Å². The zero-order chi connectivity index (χ0) is 24.1. The standard InChI is InChI=1S/C22H30FN3O6/c1-8-16-25-17-14(11-13(12-15(17)23)24-19(27)31-21(2,3)4)18(26-16)29-9-10-30-20(28)32-22(5,6)7/h11-12H,8-10H2,1-7H3,(H,24,27). The second kappa shape index (κ2) is 9.97. The molecule has 176 valence electrons. The number of hydrogen-bond donors (Lipinski definition) is 1. The van der Waals surface area contributed by atoms with Gasteiger partial charge in [0.1, 0.15) is 35.8 Å². The summed E-state index contributed by atoms with van der Waals surface area (Å²) in [6, 6.07) is 2.64. The number of nitrogens with one attached hydrogen (secondary N) is 1. The molecule has 0 saturated heterocycles. The highest BCUT2D eigenvalue weighted by atomic mass is 19.1. The summed E-state index contributed by atoms with van der Waals surface area (Å²) >= 11 is 0. The number of aryl methyl sites for hydroxylation is 1. The summed E-state index contributed by atoms with van der Waals surface area (Å²) in [5.41, 5.74) is -1.17. The highest BCUT2D eigenvalue weighted by Gasteiger charge is 2.20. The molecule has 2 rings (SSSR count). The highest BCUT2D eigenvalue weighted by Crippen LogP contribution is 2.29. The lowest BCUT2D eigenvalue weighted by molar-refractivity contribution is -0.0115. The quantitative estimate of drug-likeness (QED) is 0.482. The second-order valence-corrected chi connectivity index (χ2v) is 8.94. The molecule has 1 heterocycles. The number of amides is 1. The van der Waals surface area contributed by atoms with Crippen molar-refractivity contribution < 1.29 is 32.9 Å². The Hall–Kier alpha value is -3.17. The predicted octanol–water partition coefficient (Wildman–Crippen LogP) is 5.01. The van der Waals surface area contributed by atoms with Crippen LogP contribution in [0.3, 0.4) is 0 Å². The maximum atomic E-state index is 14.8. The molecule has 1 aromatic heterocycles. The first-order valence-electron chi connectivity index (χ1n) is 10.3. The van der Waals surface area contributed by atoms with Crippen LogP contribution in [-0.4, -0.2) is 46.6 Å². The Labute approximate surface area is 186 Å². The van der Waals surface area contributed by atoms with Gasteiger partial charge < -0.3 is 18.9 Å². The van der Waals surface area contributed by atoms with Gasteiger partial charge in [0, 0.05) is 12.1 Å². The summed E-state index contributed by atoms with van der Waals surface area (Å²) in [7, 11) is 0. The molecule has 0 atom stereocenters. The van der Waals surface area contributed by atoms with Crippen molar-refractivity contribution in [2.24, 2.45) is 0 Å². The molecule has 1 N–H and O–H groups in total. The maximum Gasteiger partial charge on any atom is 0.508 e. The largest absolute Gasteiger partial charge is 0.508 e. The monoisotopic (exact) mass is 451 g/mol. The molecular weight excluding hydrogens is 421 g/mol. The molecule has 0 saturated carbocycles. The maximum absolute atomic E-state index is 14.8. The molecule has 1 amide bonds. The van der Waals surface area contributed by atoms with Gasteiger partial charge in [-0.2, -0.15) is 4.98 Å². The van der Waals surface area contributed by atoms with Crippen molar-refractivity contribution in [2.75, 3.05) is 18.5 Å². The predicted molar refractivity (Wildman–Crippen MR) is 116 cm³/mol. The number of carbonyl (C=O) groups excluding carboxylic acids is 2. The second-order valence-electron chi connectivity index (χ2n) is 8.94. The van der Waals surface area contributed by atoms with Crippen LogP contribution in [0, 0.1) is 5.82 Å². The Morgan fingerprint density at radius 2 is 1.66 bits per heavy atom. The lowest BCUT2D eigenvalue weighted by atomic mass is 10.2. The molecule has 0 bridgehead atoms. The van der Waals surface area contributed by atoms with Gasteiger partial charge in [0.15, 0.2) is 5.82 Å². The number of halogens is 1. The van der Waals surface area contributed by atoms with E-state index >= 15 is 0 Å². The summed E-state index contributed by atoms with van der Waals surface area (Å²) in [5.74, 6) is -0.167. The molecule has 0 spiro atoms. The van der Waals surface area contributed by atoms with Crippen molar-refractivity contribution in [1.82, 2.24) is 9.97 Å². The molecule has 0 fully saturated rings. The smallest absolute Gasteiger partial charge is 0.474 e. The van der Waals surface area contributed by atoms with Gasteiger partial charge in [0.2, 0.25) is 5.88 Å². The van der Waals surface area contributed by atoms with E-state index in [0.717, 1.165) is 6.07 Å². The Balaban J connectivity index is 2.20. The van der Waals surface area contributed by atoms with E-state index in [2.05, 4.69) is 15.3 Å². The lowest BCUT2D eigenvalue weighted by Gasteiger charge is -2.20. The minimum Gasteiger partial charge on any atom is -0.474 e. The Kier molecular flexibility index (Phi) is 7.82. The fourth-order valence-electron chi connectivity index (χ4n) is 2.51. The van der Waals surface area contributed by atoms with Gasteiger partial charge in [0.25, 0.3) is 0 Å². The van der Waals surface area contributed by atoms with Crippen LogP contribution in [0.1, 0.15) is 54.3 Å². The number of rotatable bonds is 6. The van der Waals surface area contributed by atoms with E-state index in [9.17, 15) is 14.0 Å². The van der Waals surface area contributed by atoms with Crippen LogP contribution in [0.15, 0.2) is 12.1 Å². The van der Waals surface area contributed by atoms with E-state index in [0.29, 0.717) is 12.2 Å². The third-order valence-electron chi connectivity index (χ3n) is 3.66. The van der Waals surface area contributed by atoms with Crippen molar-refractivity contribution in [3.8, 4) is 5.88 Å². The van der Waals surface area contributed by atoms with E-state index in [1.807, 2.05) is 6.92 Å². The van der Waals surface area contributed by atoms with Crippen LogP contribution >= 0.6 is 0 Å². The first kappa shape index (κ1) is 25.1. The molecule has 0 unspecified atom stereocenters. The normalized spacial score (nSPS) is 11.8. The third kappa shape index (κ3) is 7.82. The van der Waals surface area contributed by atoms with E-state index in [4.69, 9.17) is 18.9 Å². The van der Waals surface area contributed by atoms with Crippen molar-refractivity contribution in [3.63, 3.8) is 0 Å². The van der Waals surface area contributed by atoms with Crippen LogP contribution in [0.2, 0.25) is 0 Å². The fraction of sp³-hybridized carbons (Fsp3) is 0.545. The Morgan fingerprint density at radius 3 is 2.25 bits per heavy atom. The number of benzene rings is 1. The summed E-state index contributed by atoms with van der Waals surface area (Å²) in [6.07, 6.45) is -1.09.